The molecule has 7 nitrogen and oxygen atoms in total. The van der Waals surface area contributed by atoms with Crippen molar-refractivity contribution in [3.8, 4) is 11.5 Å². The van der Waals surface area contributed by atoms with Gasteiger partial charge in [-0.25, -0.2) is 8.42 Å². The van der Waals surface area contributed by atoms with E-state index in [2.05, 4.69) is 5.32 Å². The Hall–Kier alpha value is -3.23. The molecule has 0 fully saturated rings. The minimum Gasteiger partial charge on any atom is -0.497 e. The molecule has 3 rings (SSSR count). The van der Waals surface area contributed by atoms with Crippen molar-refractivity contribution >= 4 is 38.9 Å². The van der Waals surface area contributed by atoms with E-state index in [1.807, 2.05) is 6.92 Å². The molecule has 1 N–H and O–H groups in total. The molecule has 174 valence electrons. The van der Waals surface area contributed by atoms with Crippen molar-refractivity contribution in [3.63, 3.8) is 0 Å². The highest BCUT2D eigenvalue weighted by atomic mass is 35.5. The zero-order chi connectivity index (χ0) is 24.2. The largest absolute Gasteiger partial charge is 0.497 e. The van der Waals surface area contributed by atoms with E-state index in [9.17, 15) is 13.2 Å². The molecular formula is C24H25ClN2O5S. The average Bonchev–Trinajstić information content (AvgIpc) is 2.79. The first-order chi connectivity index (χ1) is 15.6. The number of anilines is 2. The number of nitrogens with one attached hydrogen (secondary N) is 1. The van der Waals surface area contributed by atoms with Crippen LogP contribution < -0.4 is 19.1 Å². The third kappa shape index (κ3) is 5.58. The van der Waals surface area contributed by atoms with Crippen LogP contribution in [-0.2, 0) is 14.8 Å². The molecule has 9 heteroatoms. The van der Waals surface area contributed by atoms with Gasteiger partial charge in [-0.3, -0.25) is 9.10 Å². The molecule has 0 aliphatic carbocycles. The van der Waals surface area contributed by atoms with Crippen LogP contribution in [0.1, 0.15) is 11.1 Å². The highest BCUT2D eigenvalue weighted by molar-refractivity contribution is 7.92. The number of halogens is 1. The third-order valence-electron chi connectivity index (χ3n) is 5.02. The van der Waals surface area contributed by atoms with Gasteiger partial charge in [-0.05, 0) is 55.8 Å². The normalized spacial score (nSPS) is 11.1. The first-order valence-corrected chi connectivity index (χ1v) is 11.8. The van der Waals surface area contributed by atoms with Crippen molar-refractivity contribution in [2.24, 2.45) is 0 Å². The number of benzene rings is 3. The monoisotopic (exact) mass is 488 g/mol. The Bertz CT molecular complexity index is 1260. The summed E-state index contributed by atoms with van der Waals surface area (Å²) in [5.41, 5.74) is 2.25. The summed E-state index contributed by atoms with van der Waals surface area (Å²) in [5, 5.41) is 3.08. The predicted octanol–water partition coefficient (Wildman–Crippen LogP) is 4.81. The summed E-state index contributed by atoms with van der Waals surface area (Å²) in [6.07, 6.45) is 0. The zero-order valence-corrected chi connectivity index (χ0v) is 20.3. The lowest BCUT2D eigenvalue weighted by Gasteiger charge is -2.26. The Labute approximate surface area is 198 Å². The molecule has 0 bridgehead atoms. The fourth-order valence-corrected chi connectivity index (χ4v) is 4.86. The number of ether oxygens (including phenoxy) is 2. The van der Waals surface area contributed by atoms with Crippen LogP contribution in [0.4, 0.5) is 11.4 Å². The maximum atomic E-state index is 13.6. The smallest absolute Gasteiger partial charge is 0.264 e. The summed E-state index contributed by atoms with van der Waals surface area (Å²) >= 11 is 6.16. The number of sulfonamides is 1. The third-order valence-corrected chi connectivity index (χ3v) is 7.03. The van der Waals surface area contributed by atoms with Crippen LogP contribution in [0.5, 0.6) is 11.5 Å². The van der Waals surface area contributed by atoms with E-state index in [0.717, 1.165) is 9.87 Å². The predicted molar refractivity (Wildman–Crippen MR) is 130 cm³/mol. The molecule has 0 heterocycles. The molecule has 0 spiro atoms. The number of carbonyl (C=O) groups excluding carboxylic acids is 1. The SMILES string of the molecule is COc1ccc(OC)c(NC(=O)CN(c2cc(Cl)ccc2C)S(=O)(=O)c2ccc(C)cc2)c1. The number of nitrogens with zero attached hydrogens (tertiary/aromatic N) is 1. The summed E-state index contributed by atoms with van der Waals surface area (Å²) in [5.74, 6) is 0.369. The highest BCUT2D eigenvalue weighted by Crippen LogP contribution is 2.31. The van der Waals surface area contributed by atoms with Gasteiger partial charge in [0, 0.05) is 11.1 Å². The zero-order valence-electron chi connectivity index (χ0n) is 18.8. The van der Waals surface area contributed by atoms with Gasteiger partial charge in [0.2, 0.25) is 5.91 Å². The molecule has 0 aliphatic heterocycles. The molecular weight excluding hydrogens is 464 g/mol. The molecule has 0 unspecified atom stereocenters. The molecule has 0 aromatic heterocycles. The molecule has 3 aromatic carbocycles. The van der Waals surface area contributed by atoms with E-state index < -0.39 is 22.5 Å². The van der Waals surface area contributed by atoms with E-state index in [0.29, 0.717) is 33.5 Å². The summed E-state index contributed by atoms with van der Waals surface area (Å²) in [4.78, 5) is 13.1. The van der Waals surface area contributed by atoms with Crippen LogP contribution >= 0.6 is 11.6 Å². The summed E-state index contributed by atoms with van der Waals surface area (Å²) in [7, 11) is -1.09. The second-order valence-electron chi connectivity index (χ2n) is 7.37. The first-order valence-electron chi connectivity index (χ1n) is 10.0. The molecule has 0 atom stereocenters. The summed E-state index contributed by atoms with van der Waals surface area (Å²) in [6.45, 7) is 3.15. The van der Waals surface area contributed by atoms with Crippen molar-refractivity contribution < 1.29 is 22.7 Å². The van der Waals surface area contributed by atoms with Gasteiger partial charge >= 0.3 is 0 Å². The van der Waals surface area contributed by atoms with E-state index in [4.69, 9.17) is 21.1 Å². The van der Waals surface area contributed by atoms with Crippen LogP contribution in [0.15, 0.2) is 65.6 Å². The summed E-state index contributed by atoms with van der Waals surface area (Å²) in [6, 6.07) is 16.3. The maximum Gasteiger partial charge on any atom is 0.264 e. The van der Waals surface area contributed by atoms with Gasteiger partial charge in [-0.1, -0.05) is 35.4 Å². The number of hydrogen-bond acceptors (Lipinski definition) is 5. The molecule has 33 heavy (non-hydrogen) atoms. The van der Waals surface area contributed by atoms with Crippen molar-refractivity contribution in [2.45, 2.75) is 18.7 Å². The molecule has 1 amide bonds. The van der Waals surface area contributed by atoms with E-state index in [1.165, 1.54) is 32.4 Å². The van der Waals surface area contributed by atoms with Crippen molar-refractivity contribution in [3.05, 3.63) is 76.8 Å². The lowest BCUT2D eigenvalue weighted by Crippen LogP contribution is -2.38. The average molecular weight is 489 g/mol. The number of aryl methyl sites for hydroxylation is 2. The van der Waals surface area contributed by atoms with E-state index in [1.54, 1.807) is 49.4 Å². The minimum atomic E-state index is -4.07. The lowest BCUT2D eigenvalue weighted by atomic mass is 10.2. The van der Waals surface area contributed by atoms with Gasteiger partial charge in [-0.15, -0.1) is 0 Å². The number of hydrogen-bond donors (Lipinski definition) is 1. The Morgan fingerprint density at radius 2 is 1.67 bits per heavy atom. The summed E-state index contributed by atoms with van der Waals surface area (Å²) < 4.78 is 38.7. The van der Waals surface area contributed by atoms with Crippen molar-refractivity contribution in [2.75, 3.05) is 30.4 Å². The molecule has 0 aliphatic rings. The van der Waals surface area contributed by atoms with Crippen molar-refractivity contribution in [1.29, 1.82) is 0 Å². The Morgan fingerprint density at radius 1 is 0.970 bits per heavy atom. The standard InChI is InChI=1S/C24H25ClN2O5S/c1-16-5-10-20(11-6-16)33(29,30)27(22-13-18(25)8-7-17(22)2)15-24(28)26-21-14-19(31-3)9-12-23(21)32-4/h5-14H,15H2,1-4H3,(H,26,28). The molecule has 3 aromatic rings. The van der Waals surface area contributed by atoms with Gasteiger partial charge in [0.15, 0.2) is 0 Å². The Balaban J connectivity index is 2.01. The fourth-order valence-electron chi connectivity index (χ4n) is 3.22. The van der Waals surface area contributed by atoms with E-state index >= 15 is 0 Å². The number of carbonyl (C=O) groups is 1. The van der Waals surface area contributed by atoms with Crippen molar-refractivity contribution in [1.82, 2.24) is 0 Å². The lowest BCUT2D eigenvalue weighted by molar-refractivity contribution is -0.114. The Morgan fingerprint density at radius 3 is 2.30 bits per heavy atom. The van der Waals surface area contributed by atoms with Crippen LogP contribution in [-0.4, -0.2) is 35.1 Å². The van der Waals surface area contributed by atoms with Gasteiger partial charge in [0.25, 0.3) is 10.0 Å². The molecule has 0 saturated heterocycles. The highest BCUT2D eigenvalue weighted by Gasteiger charge is 2.29. The Kier molecular flexibility index (Phi) is 7.50. The van der Waals surface area contributed by atoms with Gasteiger partial charge < -0.3 is 14.8 Å². The van der Waals surface area contributed by atoms with Gasteiger partial charge in [0.1, 0.15) is 18.0 Å². The molecule has 0 radical (unpaired) electrons. The number of rotatable bonds is 8. The minimum absolute atomic E-state index is 0.0687. The van der Waals surface area contributed by atoms with Crippen LogP contribution in [0.3, 0.4) is 0 Å². The topological polar surface area (TPSA) is 84.9 Å². The van der Waals surface area contributed by atoms with Crippen LogP contribution in [0, 0.1) is 13.8 Å². The van der Waals surface area contributed by atoms with E-state index in [-0.39, 0.29) is 4.90 Å². The number of amides is 1. The van der Waals surface area contributed by atoms with Gasteiger partial charge in [-0.2, -0.15) is 0 Å². The second-order valence-corrected chi connectivity index (χ2v) is 9.67. The second kappa shape index (κ2) is 10.1. The van der Waals surface area contributed by atoms with Gasteiger partial charge in [0.05, 0.1) is 30.5 Å². The van der Waals surface area contributed by atoms with Crippen LogP contribution in [0.25, 0.3) is 0 Å². The van der Waals surface area contributed by atoms with Crippen LogP contribution in [0.2, 0.25) is 5.02 Å². The quantitative estimate of drug-likeness (QED) is 0.492. The number of methoxy groups -OCH3 is 2. The fraction of sp³-hybridized carbons (Fsp3) is 0.208. The molecule has 0 saturated carbocycles. The maximum absolute atomic E-state index is 13.6. The first kappa shape index (κ1) is 24.4.